The first-order valence-corrected chi connectivity index (χ1v) is 6.81. The normalized spacial score (nSPS) is 10.1. The van der Waals surface area contributed by atoms with Crippen molar-refractivity contribution in [1.82, 2.24) is 10.2 Å². The molecule has 1 N–H and O–H groups in total. The van der Waals surface area contributed by atoms with E-state index in [1.807, 2.05) is 12.1 Å². The van der Waals surface area contributed by atoms with Gasteiger partial charge in [0.2, 0.25) is 5.91 Å². The van der Waals surface area contributed by atoms with Crippen molar-refractivity contribution in [2.24, 2.45) is 0 Å². The molecule has 1 aromatic heterocycles. The number of carbonyl (C=O) groups excluding carboxylic acids is 1. The van der Waals surface area contributed by atoms with E-state index in [2.05, 4.69) is 18.5 Å². The molecule has 0 spiro atoms. The molecule has 0 radical (unpaired) electrons. The van der Waals surface area contributed by atoms with Gasteiger partial charge in [0.25, 0.3) is 0 Å². The number of nitrogens with one attached hydrogen (secondary N) is 1. The summed E-state index contributed by atoms with van der Waals surface area (Å²) >= 11 is 7.36. The minimum Gasteiger partial charge on any atom is -0.333 e. The Morgan fingerprint density at radius 3 is 2.78 bits per heavy atom. The third-order valence-corrected chi connectivity index (χ3v) is 3.46. The van der Waals surface area contributed by atoms with E-state index in [1.165, 1.54) is 11.3 Å². The van der Waals surface area contributed by atoms with Gasteiger partial charge in [0, 0.05) is 18.0 Å². The fourth-order valence-electron chi connectivity index (χ4n) is 1.43. The minimum atomic E-state index is 0.0428. The van der Waals surface area contributed by atoms with Gasteiger partial charge in [0.15, 0.2) is 0 Å². The third kappa shape index (κ3) is 5.04. The average molecular weight is 285 g/mol. The smallest absolute Gasteiger partial charge is 0.237 e. The fraction of sp³-hybridized carbons (Fsp3) is 0.308. The summed E-state index contributed by atoms with van der Waals surface area (Å²) in [5, 5.41) is 3.00. The zero-order valence-corrected chi connectivity index (χ0v) is 11.8. The molecule has 0 atom stereocenters. The summed E-state index contributed by atoms with van der Waals surface area (Å²) in [6.45, 7) is 9.29. The van der Waals surface area contributed by atoms with Crippen molar-refractivity contribution in [3.63, 3.8) is 0 Å². The van der Waals surface area contributed by atoms with Gasteiger partial charge in [-0.25, -0.2) is 0 Å². The largest absolute Gasteiger partial charge is 0.333 e. The van der Waals surface area contributed by atoms with Gasteiger partial charge >= 0.3 is 0 Å². The van der Waals surface area contributed by atoms with Crippen LogP contribution in [0.3, 0.4) is 0 Å². The summed E-state index contributed by atoms with van der Waals surface area (Å²) in [4.78, 5) is 14.8. The first-order valence-electron chi connectivity index (χ1n) is 5.62. The molecule has 0 aliphatic rings. The van der Waals surface area contributed by atoms with Crippen molar-refractivity contribution < 1.29 is 4.79 Å². The van der Waals surface area contributed by atoms with Crippen LogP contribution in [0.1, 0.15) is 4.88 Å². The molecule has 0 aliphatic heterocycles. The molecule has 1 heterocycles. The number of rotatable bonds is 8. The van der Waals surface area contributed by atoms with Gasteiger partial charge in [-0.2, -0.15) is 0 Å². The molecule has 0 unspecified atom stereocenters. The Kier molecular flexibility index (Phi) is 6.72. The molecule has 5 heteroatoms. The van der Waals surface area contributed by atoms with Crippen molar-refractivity contribution in [2.75, 3.05) is 19.6 Å². The maximum absolute atomic E-state index is 12.0. The lowest BCUT2D eigenvalue weighted by Crippen LogP contribution is -2.37. The van der Waals surface area contributed by atoms with E-state index in [-0.39, 0.29) is 5.91 Å². The summed E-state index contributed by atoms with van der Waals surface area (Å²) in [5.41, 5.74) is 0. The van der Waals surface area contributed by atoms with Crippen LogP contribution in [0.25, 0.3) is 0 Å². The van der Waals surface area contributed by atoms with Gasteiger partial charge in [0.1, 0.15) is 0 Å². The van der Waals surface area contributed by atoms with Crippen LogP contribution >= 0.6 is 22.9 Å². The quantitative estimate of drug-likeness (QED) is 0.588. The zero-order chi connectivity index (χ0) is 13.4. The van der Waals surface area contributed by atoms with E-state index in [1.54, 1.807) is 17.1 Å². The molecule has 0 aliphatic carbocycles. The molecule has 0 saturated carbocycles. The Hall–Kier alpha value is -1.10. The van der Waals surface area contributed by atoms with Gasteiger partial charge in [-0.3, -0.25) is 4.79 Å². The topological polar surface area (TPSA) is 32.3 Å². The highest BCUT2D eigenvalue weighted by molar-refractivity contribution is 7.16. The molecular weight excluding hydrogens is 268 g/mol. The SMILES string of the molecule is C=CCNCC(=O)N(CC=C)Cc1ccc(Cl)s1. The lowest BCUT2D eigenvalue weighted by molar-refractivity contribution is -0.130. The number of thiophene rings is 1. The summed E-state index contributed by atoms with van der Waals surface area (Å²) < 4.78 is 0.737. The maximum atomic E-state index is 12.0. The van der Waals surface area contributed by atoms with Crippen LogP contribution in [0, 0.1) is 0 Å². The number of nitrogens with zero attached hydrogens (tertiary/aromatic N) is 1. The predicted molar refractivity (Wildman–Crippen MR) is 78.0 cm³/mol. The Morgan fingerprint density at radius 1 is 1.44 bits per heavy atom. The highest BCUT2D eigenvalue weighted by Crippen LogP contribution is 2.22. The van der Waals surface area contributed by atoms with E-state index in [0.717, 1.165) is 9.21 Å². The van der Waals surface area contributed by atoms with Gasteiger partial charge in [-0.05, 0) is 12.1 Å². The van der Waals surface area contributed by atoms with Crippen LogP contribution in [0.5, 0.6) is 0 Å². The fourth-order valence-corrected chi connectivity index (χ4v) is 2.53. The van der Waals surface area contributed by atoms with Crippen LogP contribution in [-0.4, -0.2) is 30.4 Å². The molecule has 0 fully saturated rings. The van der Waals surface area contributed by atoms with Crippen molar-refractivity contribution >= 4 is 28.8 Å². The highest BCUT2D eigenvalue weighted by Gasteiger charge is 2.12. The number of hydrogen-bond acceptors (Lipinski definition) is 3. The maximum Gasteiger partial charge on any atom is 0.237 e. The monoisotopic (exact) mass is 284 g/mol. The second-order valence-electron chi connectivity index (χ2n) is 3.69. The van der Waals surface area contributed by atoms with E-state index in [9.17, 15) is 4.79 Å². The zero-order valence-electron chi connectivity index (χ0n) is 10.2. The molecule has 98 valence electrons. The van der Waals surface area contributed by atoms with Crippen LogP contribution in [0.15, 0.2) is 37.4 Å². The molecule has 0 saturated heterocycles. The Bertz CT molecular complexity index is 417. The lowest BCUT2D eigenvalue weighted by atomic mass is 10.3. The first kappa shape index (κ1) is 15.0. The van der Waals surface area contributed by atoms with E-state index in [4.69, 9.17) is 11.6 Å². The summed E-state index contributed by atoms with van der Waals surface area (Å²) in [6.07, 6.45) is 3.45. The van der Waals surface area contributed by atoms with Gasteiger partial charge in [-0.1, -0.05) is 23.8 Å². The van der Waals surface area contributed by atoms with Crippen LogP contribution in [-0.2, 0) is 11.3 Å². The molecule has 18 heavy (non-hydrogen) atoms. The van der Waals surface area contributed by atoms with Crippen LogP contribution < -0.4 is 5.32 Å². The van der Waals surface area contributed by atoms with Gasteiger partial charge in [0.05, 0.1) is 17.4 Å². The lowest BCUT2D eigenvalue weighted by Gasteiger charge is -2.20. The Morgan fingerprint density at radius 2 is 2.22 bits per heavy atom. The summed E-state index contributed by atoms with van der Waals surface area (Å²) in [5.74, 6) is 0.0428. The molecule has 1 amide bonds. The second-order valence-corrected chi connectivity index (χ2v) is 5.49. The molecule has 0 aromatic carbocycles. The van der Waals surface area contributed by atoms with E-state index < -0.39 is 0 Å². The average Bonchev–Trinajstić information content (AvgIpc) is 2.74. The Balaban J connectivity index is 2.55. The van der Waals surface area contributed by atoms with E-state index >= 15 is 0 Å². The van der Waals surface area contributed by atoms with Crippen molar-refractivity contribution in [2.45, 2.75) is 6.54 Å². The number of carbonyl (C=O) groups is 1. The molecule has 1 rings (SSSR count). The standard InChI is InChI=1S/C13H17ClN2OS/c1-3-7-15-9-13(17)16(8-4-2)10-11-5-6-12(14)18-11/h3-6,15H,1-2,7-10H2. The Labute approximate surface area is 117 Å². The van der Waals surface area contributed by atoms with Gasteiger partial charge in [-0.15, -0.1) is 24.5 Å². The minimum absolute atomic E-state index is 0.0428. The summed E-state index contributed by atoms with van der Waals surface area (Å²) in [6, 6.07) is 3.78. The molecule has 1 aromatic rings. The molecular formula is C13H17ClN2OS. The van der Waals surface area contributed by atoms with Crippen molar-refractivity contribution in [3.8, 4) is 0 Å². The number of amides is 1. The number of hydrogen-bond donors (Lipinski definition) is 1. The van der Waals surface area contributed by atoms with Crippen LogP contribution in [0.4, 0.5) is 0 Å². The number of halogens is 1. The van der Waals surface area contributed by atoms with E-state index in [0.29, 0.717) is 26.2 Å². The third-order valence-electron chi connectivity index (χ3n) is 2.24. The highest BCUT2D eigenvalue weighted by atomic mass is 35.5. The van der Waals surface area contributed by atoms with Crippen LogP contribution in [0.2, 0.25) is 4.34 Å². The van der Waals surface area contributed by atoms with Crippen molar-refractivity contribution in [3.05, 3.63) is 46.7 Å². The molecule has 0 bridgehead atoms. The summed E-state index contributed by atoms with van der Waals surface area (Å²) in [7, 11) is 0. The van der Waals surface area contributed by atoms with Gasteiger partial charge < -0.3 is 10.2 Å². The predicted octanol–water partition coefficient (Wildman–Crippen LogP) is 2.69. The second kappa shape index (κ2) is 8.08. The molecule has 3 nitrogen and oxygen atoms in total. The first-order chi connectivity index (χ1) is 8.67. The van der Waals surface area contributed by atoms with Crippen molar-refractivity contribution in [1.29, 1.82) is 0 Å².